The topological polar surface area (TPSA) is 35.2 Å². The van der Waals surface area contributed by atoms with Gasteiger partial charge >= 0.3 is 6.61 Å². The van der Waals surface area contributed by atoms with Gasteiger partial charge in [-0.15, -0.1) is 0 Å². The lowest BCUT2D eigenvalue weighted by atomic mass is 10.2. The van der Waals surface area contributed by atoms with Gasteiger partial charge in [0, 0.05) is 0 Å². The monoisotopic (exact) mass is 173 g/mol. The van der Waals surface area contributed by atoms with Crippen molar-refractivity contribution >= 4 is 5.69 Å². The molecule has 0 aliphatic rings. The third-order valence-electron chi connectivity index (χ3n) is 1.45. The van der Waals surface area contributed by atoms with Crippen molar-refractivity contribution in [3.63, 3.8) is 0 Å². The normalized spacial score (nSPS) is 10.3. The molecular weight excluding hydrogens is 164 g/mol. The van der Waals surface area contributed by atoms with Gasteiger partial charge in [-0.2, -0.15) is 8.78 Å². The maximum absolute atomic E-state index is 11.8. The van der Waals surface area contributed by atoms with Crippen molar-refractivity contribution in [1.29, 1.82) is 0 Å². The van der Waals surface area contributed by atoms with E-state index in [1.165, 1.54) is 6.07 Å². The number of ether oxygens (including phenoxy) is 1. The molecular formula is C8H9F2NO. The van der Waals surface area contributed by atoms with Crippen LogP contribution in [0.1, 0.15) is 5.56 Å². The molecule has 0 heterocycles. The molecule has 1 aromatic rings. The van der Waals surface area contributed by atoms with Crippen molar-refractivity contribution in [1.82, 2.24) is 0 Å². The van der Waals surface area contributed by atoms with Crippen molar-refractivity contribution in [2.24, 2.45) is 0 Å². The molecule has 1 rings (SSSR count). The van der Waals surface area contributed by atoms with E-state index in [0.717, 1.165) is 0 Å². The number of nitrogen functional groups attached to an aromatic ring is 1. The Kier molecular flexibility index (Phi) is 2.47. The molecule has 0 unspecified atom stereocenters. The fourth-order valence-electron chi connectivity index (χ4n) is 0.925. The fraction of sp³-hybridized carbons (Fsp3) is 0.250. The first kappa shape index (κ1) is 8.77. The molecule has 0 saturated carbocycles. The summed E-state index contributed by atoms with van der Waals surface area (Å²) in [5.41, 5.74) is 6.25. The molecule has 2 N–H and O–H groups in total. The first-order chi connectivity index (χ1) is 5.61. The van der Waals surface area contributed by atoms with E-state index in [4.69, 9.17) is 5.73 Å². The number of hydrogen-bond donors (Lipinski definition) is 1. The minimum Gasteiger partial charge on any atom is -0.432 e. The van der Waals surface area contributed by atoms with E-state index >= 15 is 0 Å². The summed E-state index contributed by atoms with van der Waals surface area (Å²) >= 11 is 0. The van der Waals surface area contributed by atoms with E-state index in [1.54, 1.807) is 19.1 Å². The predicted octanol–water partition coefficient (Wildman–Crippen LogP) is 2.18. The molecule has 0 spiro atoms. The van der Waals surface area contributed by atoms with Crippen LogP contribution in [-0.4, -0.2) is 6.61 Å². The molecule has 2 nitrogen and oxygen atoms in total. The smallest absolute Gasteiger partial charge is 0.387 e. The molecule has 0 aliphatic carbocycles. The van der Waals surface area contributed by atoms with E-state index in [0.29, 0.717) is 5.56 Å². The van der Waals surface area contributed by atoms with E-state index in [-0.39, 0.29) is 11.4 Å². The van der Waals surface area contributed by atoms with E-state index in [9.17, 15) is 8.78 Å². The van der Waals surface area contributed by atoms with Gasteiger partial charge in [-0.05, 0) is 18.6 Å². The molecule has 0 radical (unpaired) electrons. The van der Waals surface area contributed by atoms with Crippen molar-refractivity contribution in [2.45, 2.75) is 13.5 Å². The third-order valence-corrected chi connectivity index (χ3v) is 1.45. The number of rotatable bonds is 2. The van der Waals surface area contributed by atoms with Crippen LogP contribution in [0.3, 0.4) is 0 Å². The Morgan fingerprint density at radius 3 is 2.58 bits per heavy atom. The number of aryl methyl sites for hydroxylation is 1. The highest BCUT2D eigenvalue weighted by atomic mass is 19.3. The average Bonchev–Trinajstić information content (AvgIpc) is 1.97. The number of benzene rings is 1. The molecule has 0 aromatic heterocycles. The summed E-state index contributed by atoms with van der Waals surface area (Å²) in [4.78, 5) is 0. The minimum absolute atomic E-state index is 0.0625. The highest BCUT2D eigenvalue weighted by Gasteiger charge is 2.09. The highest BCUT2D eigenvalue weighted by Crippen LogP contribution is 2.26. The minimum atomic E-state index is -2.83. The Balaban J connectivity index is 2.96. The number of halogens is 2. The second-order valence-electron chi connectivity index (χ2n) is 2.37. The molecule has 66 valence electrons. The van der Waals surface area contributed by atoms with Gasteiger partial charge in [0.2, 0.25) is 0 Å². The fourth-order valence-corrected chi connectivity index (χ4v) is 0.925. The van der Waals surface area contributed by atoms with Crippen LogP contribution in [0.4, 0.5) is 14.5 Å². The Bertz CT molecular complexity index is 256. The number of anilines is 1. The largest absolute Gasteiger partial charge is 0.432 e. The summed E-state index contributed by atoms with van der Waals surface area (Å²) in [7, 11) is 0. The van der Waals surface area contributed by atoms with Crippen molar-refractivity contribution < 1.29 is 13.5 Å². The zero-order chi connectivity index (χ0) is 9.14. The van der Waals surface area contributed by atoms with Gasteiger partial charge in [0.15, 0.2) is 5.75 Å². The van der Waals surface area contributed by atoms with Crippen LogP contribution in [0, 0.1) is 6.92 Å². The van der Waals surface area contributed by atoms with E-state index in [2.05, 4.69) is 4.74 Å². The van der Waals surface area contributed by atoms with E-state index < -0.39 is 6.61 Å². The van der Waals surface area contributed by atoms with Gasteiger partial charge in [0.25, 0.3) is 0 Å². The zero-order valence-electron chi connectivity index (χ0n) is 6.55. The molecule has 0 amide bonds. The average molecular weight is 173 g/mol. The lowest BCUT2D eigenvalue weighted by molar-refractivity contribution is -0.0497. The van der Waals surface area contributed by atoms with Crippen molar-refractivity contribution in [3.05, 3.63) is 23.8 Å². The van der Waals surface area contributed by atoms with Gasteiger partial charge in [-0.25, -0.2) is 0 Å². The summed E-state index contributed by atoms with van der Waals surface area (Å²) in [6.07, 6.45) is 0. The number of para-hydroxylation sites is 1. The first-order valence-corrected chi connectivity index (χ1v) is 3.41. The van der Waals surface area contributed by atoms with Crippen molar-refractivity contribution in [3.8, 4) is 5.75 Å². The second-order valence-corrected chi connectivity index (χ2v) is 2.37. The molecule has 12 heavy (non-hydrogen) atoms. The van der Waals surface area contributed by atoms with Crippen LogP contribution in [0.15, 0.2) is 18.2 Å². The lowest BCUT2D eigenvalue weighted by Crippen LogP contribution is -2.05. The Morgan fingerprint density at radius 1 is 1.42 bits per heavy atom. The van der Waals surface area contributed by atoms with Gasteiger partial charge in [0.05, 0.1) is 5.69 Å². The molecule has 0 fully saturated rings. The Morgan fingerprint density at radius 2 is 2.08 bits per heavy atom. The molecule has 0 saturated heterocycles. The maximum atomic E-state index is 11.8. The number of hydrogen-bond acceptors (Lipinski definition) is 2. The van der Waals surface area contributed by atoms with Crippen LogP contribution >= 0.6 is 0 Å². The van der Waals surface area contributed by atoms with Crippen LogP contribution in [0.2, 0.25) is 0 Å². The predicted molar refractivity (Wildman–Crippen MR) is 42.2 cm³/mol. The highest BCUT2D eigenvalue weighted by molar-refractivity contribution is 5.56. The molecule has 0 aliphatic heterocycles. The van der Waals surface area contributed by atoms with Gasteiger partial charge in [0.1, 0.15) is 0 Å². The van der Waals surface area contributed by atoms with Crippen LogP contribution in [0.25, 0.3) is 0 Å². The summed E-state index contributed by atoms with van der Waals surface area (Å²) in [5, 5.41) is 0. The SMILES string of the molecule is Cc1cccc(N)c1OC(F)F. The zero-order valence-corrected chi connectivity index (χ0v) is 6.55. The number of alkyl halides is 2. The van der Waals surface area contributed by atoms with Crippen molar-refractivity contribution in [2.75, 3.05) is 5.73 Å². The van der Waals surface area contributed by atoms with Gasteiger partial charge < -0.3 is 10.5 Å². The van der Waals surface area contributed by atoms with Crippen LogP contribution in [0.5, 0.6) is 5.75 Å². The Labute approximate surface area is 68.9 Å². The summed E-state index contributed by atoms with van der Waals surface area (Å²) in [6.45, 7) is -1.16. The number of nitrogens with two attached hydrogens (primary N) is 1. The Hall–Kier alpha value is -1.32. The summed E-state index contributed by atoms with van der Waals surface area (Å²) < 4.78 is 27.8. The standard InChI is InChI=1S/C8H9F2NO/c1-5-3-2-4-6(11)7(5)12-8(9)10/h2-4,8H,11H2,1H3. The van der Waals surface area contributed by atoms with E-state index in [1.807, 2.05) is 0 Å². The third kappa shape index (κ3) is 1.84. The quantitative estimate of drug-likeness (QED) is 0.695. The summed E-state index contributed by atoms with van der Waals surface area (Å²) in [5.74, 6) is 0.0625. The van der Waals surface area contributed by atoms with Gasteiger partial charge in [-0.3, -0.25) is 0 Å². The maximum Gasteiger partial charge on any atom is 0.387 e. The van der Waals surface area contributed by atoms with Crippen LogP contribution < -0.4 is 10.5 Å². The first-order valence-electron chi connectivity index (χ1n) is 3.41. The van der Waals surface area contributed by atoms with Crippen LogP contribution in [-0.2, 0) is 0 Å². The molecule has 0 atom stereocenters. The molecule has 0 bridgehead atoms. The molecule has 1 aromatic carbocycles. The second kappa shape index (κ2) is 3.38. The molecule has 4 heteroatoms. The summed E-state index contributed by atoms with van der Waals surface area (Å²) in [6, 6.07) is 4.86. The van der Waals surface area contributed by atoms with Gasteiger partial charge in [-0.1, -0.05) is 12.1 Å². The lowest BCUT2D eigenvalue weighted by Gasteiger charge is -2.09.